The van der Waals surface area contributed by atoms with Gasteiger partial charge in [0.05, 0.1) is 12.1 Å². The molecule has 0 N–H and O–H groups in total. The molecule has 136 valence electrons. The van der Waals surface area contributed by atoms with Crippen LogP contribution in [0, 0.1) is 18.3 Å². The first kappa shape index (κ1) is 17.2. The SMILES string of the molecule is Cc1ccc(-c2noc(CN3CCN(c4ncccc4C#N)CC3)n2)cc1. The zero-order valence-corrected chi connectivity index (χ0v) is 15.2. The maximum absolute atomic E-state index is 9.25. The van der Waals surface area contributed by atoms with Gasteiger partial charge in [0.25, 0.3) is 0 Å². The first-order chi connectivity index (χ1) is 13.2. The van der Waals surface area contributed by atoms with Crippen LogP contribution in [-0.4, -0.2) is 46.2 Å². The molecule has 27 heavy (non-hydrogen) atoms. The van der Waals surface area contributed by atoms with E-state index in [1.165, 1.54) is 5.56 Å². The van der Waals surface area contributed by atoms with E-state index in [0.29, 0.717) is 23.8 Å². The van der Waals surface area contributed by atoms with Crippen LogP contribution in [0.2, 0.25) is 0 Å². The van der Waals surface area contributed by atoms with E-state index in [9.17, 15) is 5.26 Å². The molecule has 2 aromatic heterocycles. The molecule has 0 aliphatic carbocycles. The van der Waals surface area contributed by atoms with E-state index in [-0.39, 0.29) is 0 Å². The Labute approximate surface area is 157 Å². The molecule has 0 radical (unpaired) electrons. The van der Waals surface area contributed by atoms with Crippen LogP contribution >= 0.6 is 0 Å². The maximum atomic E-state index is 9.25. The fourth-order valence-corrected chi connectivity index (χ4v) is 3.18. The topological polar surface area (TPSA) is 82.1 Å². The molecule has 1 aliphatic rings. The predicted octanol–water partition coefficient (Wildman–Crippen LogP) is 2.63. The van der Waals surface area contributed by atoms with Crippen molar-refractivity contribution in [2.75, 3.05) is 31.1 Å². The van der Waals surface area contributed by atoms with Gasteiger partial charge in [0, 0.05) is 37.9 Å². The molecule has 1 saturated heterocycles. The lowest BCUT2D eigenvalue weighted by molar-refractivity contribution is 0.215. The molecule has 3 aromatic rings. The molecule has 0 unspecified atom stereocenters. The molecule has 7 nitrogen and oxygen atoms in total. The summed E-state index contributed by atoms with van der Waals surface area (Å²) >= 11 is 0. The average molecular weight is 360 g/mol. The number of nitriles is 1. The van der Waals surface area contributed by atoms with Gasteiger partial charge >= 0.3 is 0 Å². The molecule has 1 aromatic carbocycles. The molecule has 1 aliphatic heterocycles. The van der Waals surface area contributed by atoms with E-state index < -0.39 is 0 Å². The van der Waals surface area contributed by atoms with Gasteiger partial charge in [0.1, 0.15) is 11.9 Å². The first-order valence-corrected chi connectivity index (χ1v) is 8.95. The molecule has 0 atom stereocenters. The number of rotatable bonds is 4. The Morgan fingerprint density at radius 3 is 2.63 bits per heavy atom. The number of nitrogens with zero attached hydrogens (tertiary/aromatic N) is 6. The second-order valence-corrected chi connectivity index (χ2v) is 6.63. The standard InChI is InChI=1S/C20H20N6O/c1-15-4-6-16(7-5-15)19-23-18(27-24-19)14-25-9-11-26(12-10-25)20-17(13-21)3-2-8-22-20/h2-8H,9-12,14H2,1H3. The number of pyridine rings is 1. The number of benzene rings is 1. The summed E-state index contributed by atoms with van der Waals surface area (Å²) in [6.45, 7) is 6.00. The Balaban J connectivity index is 1.37. The number of hydrogen-bond donors (Lipinski definition) is 0. The van der Waals surface area contributed by atoms with E-state index in [0.717, 1.165) is 37.6 Å². The van der Waals surface area contributed by atoms with Crippen LogP contribution in [0.1, 0.15) is 17.0 Å². The van der Waals surface area contributed by atoms with Gasteiger partial charge in [-0.2, -0.15) is 10.2 Å². The van der Waals surface area contributed by atoms with Crippen molar-refractivity contribution in [1.29, 1.82) is 5.26 Å². The minimum atomic E-state index is 0.616. The van der Waals surface area contributed by atoms with E-state index in [4.69, 9.17) is 4.52 Å². The summed E-state index contributed by atoms with van der Waals surface area (Å²) in [4.78, 5) is 13.3. The van der Waals surface area contributed by atoms with Gasteiger partial charge in [-0.05, 0) is 19.1 Å². The minimum Gasteiger partial charge on any atom is -0.353 e. The summed E-state index contributed by atoms with van der Waals surface area (Å²) in [6, 6.07) is 13.9. The predicted molar refractivity (Wildman–Crippen MR) is 101 cm³/mol. The van der Waals surface area contributed by atoms with Crippen molar-refractivity contribution in [1.82, 2.24) is 20.0 Å². The highest BCUT2D eigenvalue weighted by atomic mass is 16.5. The lowest BCUT2D eigenvalue weighted by atomic mass is 10.1. The Kier molecular flexibility index (Phi) is 4.81. The molecular formula is C20H20N6O. The molecule has 0 bridgehead atoms. The highest BCUT2D eigenvalue weighted by Crippen LogP contribution is 2.20. The molecule has 4 rings (SSSR count). The van der Waals surface area contributed by atoms with Gasteiger partial charge in [-0.15, -0.1) is 0 Å². The zero-order valence-electron chi connectivity index (χ0n) is 15.2. The van der Waals surface area contributed by atoms with Gasteiger partial charge in [-0.1, -0.05) is 35.0 Å². The Morgan fingerprint density at radius 2 is 1.89 bits per heavy atom. The molecule has 0 spiro atoms. The van der Waals surface area contributed by atoms with Crippen LogP contribution in [0.15, 0.2) is 47.1 Å². The van der Waals surface area contributed by atoms with E-state index in [1.807, 2.05) is 24.3 Å². The third kappa shape index (κ3) is 3.81. The normalized spacial score (nSPS) is 14.9. The van der Waals surface area contributed by atoms with Gasteiger partial charge < -0.3 is 9.42 Å². The molecule has 0 amide bonds. The van der Waals surface area contributed by atoms with Crippen molar-refractivity contribution in [2.24, 2.45) is 0 Å². The van der Waals surface area contributed by atoms with E-state index >= 15 is 0 Å². The van der Waals surface area contributed by atoms with Crippen molar-refractivity contribution in [3.8, 4) is 17.5 Å². The summed E-state index contributed by atoms with van der Waals surface area (Å²) in [5.41, 5.74) is 2.78. The van der Waals surface area contributed by atoms with Gasteiger partial charge in [-0.25, -0.2) is 4.98 Å². The smallest absolute Gasteiger partial charge is 0.241 e. The van der Waals surface area contributed by atoms with Crippen molar-refractivity contribution < 1.29 is 4.52 Å². The van der Waals surface area contributed by atoms with Gasteiger partial charge in [0.15, 0.2) is 0 Å². The fraction of sp³-hybridized carbons (Fsp3) is 0.300. The third-order valence-electron chi connectivity index (χ3n) is 4.72. The van der Waals surface area contributed by atoms with Crippen molar-refractivity contribution in [3.63, 3.8) is 0 Å². The maximum Gasteiger partial charge on any atom is 0.241 e. The zero-order chi connectivity index (χ0) is 18.6. The molecule has 1 fully saturated rings. The van der Waals surface area contributed by atoms with Crippen LogP contribution in [-0.2, 0) is 6.54 Å². The van der Waals surface area contributed by atoms with E-state index in [2.05, 4.69) is 37.9 Å². The summed E-state index contributed by atoms with van der Waals surface area (Å²) in [5, 5.41) is 13.4. The summed E-state index contributed by atoms with van der Waals surface area (Å²) in [7, 11) is 0. The van der Waals surface area contributed by atoms with Crippen LogP contribution in [0.25, 0.3) is 11.4 Å². The number of piperazine rings is 1. The number of anilines is 1. The minimum absolute atomic E-state index is 0.616. The third-order valence-corrected chi connectivity index (χ3v) is 4.72. The molecular weight excluding hydrogens is 340 g/mol. The van der Waals surface area contributed by atoms with Crippen LogP contribution in [0.4, 0.5) is 5.82 Å². The Morgan fingerprint density at radius 1 is 1.11 bits per heavy atom. The molecule has 0 saturated carbocycles. The highest BCUT2D eigenvalue weighted by molar-refractivity contribution is 5.55. The summed E-state index contributed by atoms with van der Waals surface area (Å²) < 4.78 is 5.43. The molecule has 3 heterocycles. The Bertz CT molecular complexity index is 951. The first-order valence-electron chi connectivity index (χ1n) is 8.95. The van der Waals surface area contributed by atoms with Crippen molar-refractivity contribution >= 4 is 5.82 Å². The largest absolute Gasteiger partial charge is 0.353 e. The van der Waals surface area contributed by atoms with Gasteiger partial charge in [0.2, 0.25) is 11.7 Å². The van der Waals surface area contributed by atoms with Crippen LogP contribution in [0.5, 0.6) is 0 Å². The van der Waals surface area contributed by atoms with Gasteiger partial charge in [-0.3, -0.25) is 4.90 Å². The van der Waals surface area contributed by atoms with Crippen LogP contribution in [0.3, 0.4) is 0 Å². The van der Waals surface area contributed by atoms with Crippen LogP contribution < -0.4 is 4.90 Å². The number of aromatic nitrogens is 3. The van der Waals surface area contributed by atoms with Crippen molar-refractivity contribution in [2.45, 2.75) is 13.5 Å². The van der Waals surface area contributed by atoms with E-state index in [1.54, 1.807) is 18.3 Å². The number of hydrogen-bond acceptors (Lipinski definition) is 7. The second-order valence-electron chi connectivity index (χ2n) is 6.63. The lowest BCUT2D eigenvalue weighted by Gasteiger charge is -2.34. The summed E-state index contributed by atoms with van der Waals surface area (Å²) in [6.07, 6.45) is 1.73. The Hall–Kier alpha value is -3.24. The fourth-order valence-electron chi connectivity index (χ4n) is 3.18. The lowest BCUT2D eigenvalue weighted by Crippen LogP contribution is -2.46. The summed E-state index contributed by atoms with van der Waals surface area (Å²) in [5.74, 6) is 2.00. The molecule has 7 heteroatoms. The van der Waals surface area contributed by atoms with Crippen molar-refractivity contribution in [3.05, 3.63) is 59.6 Å². The quantitative estimate of drug-likeness (QED) is 0.707. The highest BCUT2D eigenvalue weighted by Gasteiger charge is 2.22. The average Bonchev–Trinajstić information content (AvgIpc) is 3.17. The number of aryl methyl sites for hydroxylation is 1. The second kappa shape index (κ2) is 7.56. The monoisotopic (exact) mass is 360 g/mol.